The van der Waals surface area contributed by atoms with Gasteiger partial charge in [0.25, 0.3) is 0 Å². The van der Waals surface area contributed by atoms with E-state index in [-0.39, 0.29) is 17.4 Å². The Bertz CT molecular complexity index is 321. The van der Waals surface area contributed by atoms with E-state index in [1.807, 2.05) is 0 Å². The van der Waals surface area contributed by atoms with Crippen molar-refractivity contribution >= 4 is 5.91 Å². The second kappa shape index (κ2) is 8.14. The Morgan fingerprint density at radius 1 is 1.24 bits per heavy atom. The number of methoxy groups -OCH3 is 1. The molecule has 2 rings (SSSR count). The number of amides is 1. The highest BCUT2D eigenvalue weighted by Gasteiger charge is 2.41. The van der Waals surface area contributed by atoms with Crippen molar-refractivity contribution in [2.75, 3.05) is 20.3 Å². The molecule has 0 aromatic carbocycles. The molecule has 21 heavy (non-hydrogen) atoms. The van der Waals surface area contributed by atoms with Gasteiger partial charge in [0.05, 0.1) is 5.41 Å². The fraction of sp³-hybridized carbons (Fsp3) is 0.941. The number of carbonyl (C=O) groups is 1. The number of carbonyl (C=O) groups excluding carboxylic acids is 1. The Kier molecular flexibility index (Phi) is 6.49. The summed E-state index contributed by atoms with van der Waals surface area (Å²) in [7, 11) is 1.71. The lowest BCUT2D eigenvalue weighted by atomic mass is 9.80. The summed E-state index contributed by atoms with van der Waals surface area (Å²) < 4.78 is 5.22. The first-order valence-electron chi connectivity index (χ1n) is 8.72. The topological polar surface area (TPSA) is 64.3 Å². The summed E-state index contributed by atoms with van der Waals surface area (Å²) in [4.78, 5) is 12.9. The largest absolute Gasteiger partial charge is 0.385 e. The van der Waals surface area contributed by atoms with Crippen LogP contribution in [-0.4, -0.2) is 32.2 Å². The predicted octanol–water partition coefficient (Wildman–Crippen LogP) is 2.61. The fourth-order valence-electron chi connectivity index (χ4n) is 4.17. The van der Waals surface area contributed by atoms with Gasteiger partial charge in [0, 0.05) is 26.3 Å². The molecule has 2 aliphatic carbocycles. The third kappa shape index (κ3) is 4.19. The van der Waals surface area contributed by atoms with Crippen LogP contribution in [0.3, 0.4) is 0 Å². The molecule has 0 heterocycles. The molecule has 1 unspecified atom stereocenters. The highest BCUT2D eigenvalue weighted by molar-refractivity contribution is 5.83. The Morgan fingerprint density at radius 3 is 2.48 bits per heavy atom. The highest BCUT2D eigenvalue weighted by atomic mass is 16.5. The Morgan fingerprint density at radius 2 is 1.90 bits per heavy atom. The third-order valence-corrected chi connectivity index (χ3v) is 5.62. The molecule has 1 atom stereocenters. The van der Waals surface area contributed by atoms with Gasteiger partial charge in [0.2, 0.25) is 5.91 Å². The summed E-state index contributed by atoms with van der Waals surface area (Å²) in [6, 6.07) is 0.165. The van der Waals surface area contributed by atoms with E-state index in [2.05, 4.69) is 5.32 Å². The van der Waals surface area contributed by atoms with Crippen LogP contribution in [0, 0.1) is 11.3 Å². The molecule has 0 spiro atoms. The molecule has 0 aromatic rings. The normalized spacial score (nSPS) is 23.9. The van der Waals surface area contributed by atoms with Crippen LogP contribution in [-0.2, 0) is 9.53 Å². The lowest BCUT2D eigenvalue weighted by Gasteiger charge is -2.34. The Hall–Kier alpha value is -0.610. The van der Waals surface area contributed by atoms with E-state index in [4.69, 9.17) is 10.5 Å². The van der Waals surface area contributed by atoms with Gasteiger partial charge in [0.1, 0.15) is 0 Å². The van der Waals surface area contributed by atoms with Gasteiger partial charge in [-0.2, -0.15) is 0 Å². The van der Waals surface area contributed by atoms with Gasteiger partial charge < -0.3 is 15.8 Å². The van der Waals surface area contributed by atoms with E-state index in [1.165, 1.54) is 32.1 Å². The van der Waals surface area contributed by atoms with Gasteiger partial charge >= 0.3 is 0 Å². The average Bonchev–Trinajstić information content (AvgIpc) is 3.01. The van der Waals surface area contributed by atoms with Crippen LogP contribution in [0.5, 0.6) is 0 Å². The van der Waals surface area contributed by atoms with Crippen LogP contribution in [0.1, 0.15) is 64.2 Å². The first-order valence-corrected chi connectivity index (χ1v) is 8.72. The maximum Gasteiger partial charge on any atom is 0.226 e. The van der Waals surface area contributed by atoms with Gasteiger partial charge in [-0.1, -0.05) is 32.1 Å². The van der Waals surface area contributed by atoms with Crippen molar-refractivity contribution in [3.05, 3.63) is 0 Å². The quantitative estimate of drug-likeness (QED) is 0.759. The molecule has 0 bridgehead atoms. The minimum Gasteiger partial charge on any atom is -0.385 e. The van der Waals surface area contributed by atoms with Crippen molar-refractivity contribution in [2.45, 2.75) is 70.3 Å². The van der Waals surface area contributed by atoms with Gasteiger partial charge in [-0.25, -0.2) is 0 Å². The average molecular weight is 296 g/mol. The molecule has 0 aliphatic heterocycles. The maximum atomic E-state index is 12.9. The minimum absolute atomic E-state index is 0.165. The summed E-state index contributed by atoms with van der Waals surface area (Å²) in [5, 5.41) is 3.31. The van der Waals surface area contributed by atoms with Gasteiger partial charge in [-0.05, 0) is 38.0 Å². The van der Waals surface area contributed by atoms with E-state index in [9.17, 15) is 4.79 Å². The van der Waals surface area contributed by atoms with Crippen LogP contribution < -0.4 is 11.1 Å². The number of hydrogen-bond acceptors (Lipinski definition) is 3. The number of hydrogen-bond donors (Lipinski definition) is 2. The molecule has 4 heteroatoms. The van der Waals surface area contributed by atoms with E-state index in [1.54, 1.807) is 7.11 Å². The zero-order valence-corrected chi connectivity index (χ0v) is 13.5. The summed E-state index contributed by atoms with van der Waals surface area (Å²) >= 11 is 0. The lowest BCUT2D eigenvalue weighted by molar-refractivity contribution is -0.133. The molecule has 2 saturated carbocycles. The van der Waals surface area contributed by atoms with Crippen LogP contribution in [0.15, 0.2) is 0 Å². The highest BCUT2D eigenvalue weighted by Crippen LogP contribution is 2.41. The number of ether oxygens (including phenoxy) is 1. The molecule has 0 radical (unpaired) electrons. The van der Waals surface area contributed by atoms with Crippen molar-refractivity contribution in [2.24, 2.45) is 17.1 Å². The molecular weight excluding hydrogens is 264 g/mol. The van der Waals surface area contributed by atoms with Crippen molar-refractivity contribution in [1.82, 2.24) is 5.32 Å². The van der Waals surface area contributed by atoms with Crippen LogP contribution in [0.25, 0.3) is 0 Å². The molecule has 3 N–H and O–H groups in total. The van der Waals surface area contributed by atoms with Crippen molar-refractivity contribution in [3.8, 4) is 0 Å². The number of nitrogens with one attached hydrogen (secondary N) is 1. The zero-order chi connectivity index (χ0) is 15.1. The molecule has 2 aliphatic rings. The van der Waals surface area contributed by atoms with Gasteiger partial charge in [-0.15, -0.1) is 0 Å². The molecule has 2 fully saturated rings. The second-order valence-corrected chi connectivity index (χ2v) is 6.94. The van der Waals surface area contributed by atoms with Crippen LogP contribution in [0.2, 0.25) is 0 Å². The molecular formula is C17H32N2O2. The monoisotopic (exact) mass is 296 g/mol. The van der Waals surface area contributed by atoms with E-state index < -0.39 is 0 Å². The molecule has 122 valence electrons. The van der Waals surface area contributed by atoms with Gasteiger partial charge in [-0.3, -0.25) is 4.79 Å². The van der Waals surface area contributed by atoms with Crippen LogP contribution >= 0.6 is 0 Å². The first kappa shape index (κ1) is 16.8. The predicted molar refractivity (Wildman–Crippen MR) is 85.0 cm³/mol. The van der Waals surface area contributed by atoms with E-state index in [0.29, 0.717) is 19.1 Å². The summed E-state index contributed by atoms with van der Waals surface area (Å²) in [6.07, 6.45) is 11.5. The zero-order valence-electron chi connectivity index (χ0n) is 13.5. The van der Waals surface area contributed by atoms with Crippen molar-refractivity contribution in [1.29, 1.82) is 0 Å². The molecule has 0 aromatic heterocycles. The fourth-order valence-corrected chi connectivity index (χ4v) is 4.17. The standard InChI is InChI=1S/C17H32N2O2/c1-21-12-11-17(9-5-6-10-17)16(20)19-15(13-18)14-7-3-2-4-8-14/h14-15H,2-13,18H2,1H3,(H,19,20). The summed E-state index contributed by atoms with van der Waals surface area (Å²) in [5.74, 6) is 0.812. The van der Waals surface area contributed by atoms with E-state index >= 15 is 0 Å². The maximum absolute atomic E-state index is 12.9. The molecule has 0 saturated heterocycles. The summed E-state index contributed by atoms with van der Waals surface area (Å²) in [5.41, 5.74) is 5.76. The Labute approximate surface area is 129 Å². The second-order valence-electron chi connectivity index (χ2n) is 6.94. The number of nitrogens with two attached hydrogens (primary N) is 1. The Balaban J connectivity index is 1.95. The first-order chi connectivity index (χ1) is 10.2. The smallest absolute Gasteiger partial charge is 0.226 e. The molecule has 4 nitrogen and oxygen atoms in total. The number of rotatable bonds is 7. The lowest BCUT2D eigenvalue weighted by Crippen LogP contribution is -2.51. The minimum atomic E-state index is -0.196. The van der Waals surface area contributed by atoms with Crippen molar-refractivity contribution in [3.63, 3.8) is 0 Å². The van der Waals surface area contributed by atoms with E-state index in [0.717, 1.165) is 32.1 Å². The van der Waals surface area contributed by atoms with Gasteiger partial charge in [0.15, 0.2) is 0 Å². The van der Waals surface area contributed by atoms with Crippen LogP contribution in [0.4, 0.5) is 0 Å². The molecule has 1 amide bonds. The summed E-state index contributed by atoms with van der Waals surface area (Å²) in [6.45, 7) is 1.24. The SMILES string of the molecule is COCCC1(C(=O)NC(CN)C2CCCCC2)CCCC1. The van der Waals surface area contributed by atoms with Crippen molar-refractivity contribution < 1.29 is 9.53 Å². The third-order valence-electron chi connectivity index (χ3n) is 5.62.